The van der Waals surface area contributed by atoms with Crippen molar-refractivity contribution in [2.75, 3.05) is 6.61 Å². The maximum Gasteiger partial charge on any atom is 0.217 e. The third-order valence-corrected chi connectivity index (χ3v) is 5.23. The number of fused-ring (bicyclic) bond motifs is 1. The van der Waals surface area contributed by atoms with Crippen LogP contribution in [0.3, 0.4) is 0 Å². The van der Waals surface area contributed by atoms with E-state index in [4.69, 9.17) is 9.72 Å². The fraction of sp³-hybridized carbons (Fsp3) is 0.286. The zero-order valence-electron chi connectivity index (χ0n) is 13.5. The van der Waals surface area contributed by atoms with Crippen molar-refractivity contribution in [1.29, 1.82) is 0 Å². The Morgan fingerprint density at radius 1 is 1.04 bits per heavy atom. The van der Waals surface area contributed by atoms with Gasteiger partial charge in [-0.15, -0.1) is 0 Å². The van der Waals surface area contributed by atoms with Crippen LogP contribution in [-0.2, 0) is 6.42 Å². The van der Waals surface area contributed by atoms with E-state index in [0.717, 1.165) is 39.8 Å². The predicted molar refractivity (Wildman–Crippen MR) is 102 cm³/mol. The monoisotopic (exact) mass is 381 g/mol. The summed E-state index contributed by atoms with van der Waals surface area (Å²) in [6, 6.07) is 18.9. The molecule has 1 saturated carbocycles. The molecular formula is C21H20BrNO. The number of hydrogen-bond donors (Lipinski definition) is 0. The Labute approximate surface area is 151 Å². The van der Waals surface area contributed by atoms with Crippen LogP contribution in [0.1, 0.15) is 30.4 Å². The number of pyridine rings is 1. The molecule has 1 fully saturated rings. The number of halogens is 1. The highest BCUT2D eigenvalue weighted by molar-refractivity contribution is 9.10. The molecule has 3 heteroatoms. The number of aromatic nitrogens is 1. The van der Waals surface area contributed by atoms with E-state index in [-0.39, 0.29) is 0 Å². The molecule has 0 N–H and O–H groups in total. The number of nitrogens with zero attached hydrogens (tertiary/aromatic N) is 1. The van der Waals surface area contributed by atoms with E-state index in [9.17, 15) is 0 Å². The minimum atomic E-state index is 0.706. The second kappa shape index (κ2) is 6.94. The van der Waals surface area contributed by atoms with Gasteiger partial charge in [-0.3, -0.25) is 0 Å². The largest absolute Gasteiger partial charge is 0.477 e. The zero-order valence-corrected chi connectivity index (χ0v) is 15.1. The topological polar surface area (TPSA) is 22.1 Å². The molecule has 0 saturated heterocycles. The van der Waals surface area contributed by atoms with Crippen LogP contribution in [0.15, 0.2) is 59.1 Å². The molecule has 4 rings (SSSR count). The highest BCUT2D eigenvalue weighted by Gasteiger charge is 2.19. The highest BCUT2D eigenvalue weighted by Crippen LogP contribution is 2.30. The Balaban J connectivity index is 1.68. The minimum absolute atomic E-state index is 0.706. The van der Waals surface area contributed by atoms with Gasteiger partial charge >= 0.3 is 0 Å². The van der Waals surface area contributed by atoms with E-state index in [1.165, 1.54) is 24.8 Å². The third-order valence-electron chi connectivity index (χ3n) is 4.73. The van der Waals surface area contributed by atoms with E-state index in [1.807, 2.05) is 18.2 Å². The van der Waals surface area contributed by atoms with E-state index >= 15 is 0 Å². The van der Waals surface area contributed by atoms with Gasteiger partial charge in [0.2, 0.25) is 5.88 Å². The molecule has 1 aliphatic carbocycles. The molecule has 0 aliphatic heterocycles. The van der Waals surface area contributed by atoms with Crippen LogP contribution in [0.2, 0.25) is 0 Å². The molecule has 2 aromatic carbocycles. The van der Waals surface area contributed by atoms with Crippen molar-refractivity contribution in [3.63, 3.8) is 0 Å². The molecular weight excluding hydrogens is 362 g/mol. The van der Waals surface area contributed by atoms with Gasteiger partial charge in [0, 0.05) is 21.8 Å². The Kier molecular flexibility index (Phi) is 4.52. The van der Waals surface area contributed by atoms with Gasteiger partial charge < -0.3 is 4.74 Å². The Morgan fingerprint density at radius 2 is 1.88 bits per heavy atom. The van der Waals surface area contributed by atoms with Gasteiger partial charge in [-0.05, 0) is 48.6 Å². The van der Waals surface area contributed by atoms with Crippen LogP contribution < -0.4 is 4.74 Å². The van der Waals surface area contributed by atoms with Gasteiger partial charge in [-0.2, -0.15) is 0 Å². The van der Waals surface area contributed by atoms with Crippen molar-refractivity contribution in [3.05, 3.63) is 70.2 Å². The highest BCUT2D eigenvalue weighted by atomic mass is 79.9. The lowest BCUT2D eigenvalue weighted by atomic mass is 9.86. The summed E-state index contributed by atoms with van der Waals surface area (Å²) in [6.45, 7) is 0.789. The average molecular weight is 382 g/mol. The van der Waals surface area contributed by atoms with Crippen LogP contribution in [0.5, 0.6) is 5.88 Å². The van der Waals surface area contributed by atoms with Gasteiger partial charge in [-0.1, -0.05) is 52.7 Å². The molecule has 1 aliphatic rings. The van der Waals surface area contributed by atoms with Gasteiger partial charge in [0.25, 0.3) is 0 Å². The average Bonchev–Trinajstić information content (AvgIpc) is 2.55. The maximum absolute atomic E-state index is 6.13. The molecule has 1 aromatic heterocycles. The van der Waals surface area contributed by atoms with Crippen molar-refractivity contribution in [2.45, 2.75) is 25.7 Å². The van der Waals surface area contributed by atoms with Crippen LogP contribution in [-0.4, -0.2) is 11.6 Å². The van der Waals surface area contributed by atoms with E-state index in [0.29, 0.717) is 5.92 Å². The molecule has 0 unspecified atom stereocenters. The fourth-order valence-electron chi connectivity index (χ4n) is 3.10. The van der Waals surface area contributed by atoms with E-state index < -0.39 is 0 Å². The number of ether oxygens (including phenoxy) is 1. The molecule has 0 spiro atoms. The van der Waals surface area contributed by atoms with Gasteiger partial charge in [0.05, 0.1) is 12.1 Å². The predicted octanol–water partition coefficient (Wildman–Crippen LogP) is 5.77. The molecule has 0 amide bonds. The second-order valence-corrected chi connectivity index (χ2v) is 7.48. The molecule has 0 bridgehead atoms. The second-order valence-electron chi connectivity index (χ2n) is 6.56. The normalized spacial score (nSPS) is 14.5. The van der Waals surface area contributed by atoms with Gasteiger partial charge in [-0.25, -0.2) is 4.98 Å². The quantitative estimate of drug-likeness (QED) is 0.559. The van der Waals surface area contributed by atoms with Crippen LogP contribution in [0.4, 0.5) is 0 Å². The number of hydrogen-bond acceptors (Lipinski definition) is 2. The SMILES string of the molecule is Brc1ccc2nc(OCC3CCC3)c(Cc3ccccc3)cc2c1. The minimum Gasteiger partial charge on any atom is -0.477 e. The lowest BCUT2D eigenvalue weighted by molar-refractivity contribution is 0.175. The molecule has 0 atom stereocenters. The molecule has 1 heterocycles. The first kappa shape index (κ1) is 15.6. The lowest BCUT2D eigenvalue weighted by Crippen LogP contribution is -2.20. The van der Waals surface area contributed by atoms with Crippen molar-refractivity contribution in [2.24, 2.45) is 5.92 Å². The third kappa shape index (κ3) is 3.46. The molecule has 0 radical (unpaired) electrons. The summed E-state index contributed by atoms with van der Waals surface area (Å²) in [4.78, 5) is 4.80. The first-order valence-electron chi connectivity index (χ1n) is 8.54. The van der Waals surface area contributed by atoms with Gasteiger partial charge in [0.1, 0.15) is 0 Å². The summed E-state index contributed by atoms with van der Waals surface area (Å²) >= 11 is 3.55. The number of rotatable bonds is 5. The summed E-state index contributed by atoms with van der Waals surface area (Å²) in [6.07, 6.45) is 4.75. The van der Waals surface area contributed by atoms with E-state index in [2.05, 4.69) is 52.3 Å². The van der Waals surface area contributed by atoms with Crippen LogP contribution in [0, 0.1) is 5.92 Å². The lowest BCUT2D eigenvalue weighted by Gasteiger charge is -2.25. The standard InChI is InChI=1S/C21H20BrNO/c22-19-9-10-20-17(13-19)12-18(11-15-5-2-1-3-6-15)21(23-20)24-14-16-7-4-8-16/h1-3,5-6,9-10,12-13,16H,4,7-8,11,14H2. The summed E-state index contributed by atoms with van der Waals surface area (Å²) < 4.78 is 7.20. The van der Waals surface area contributed by atoms with Crippen LogP contribution in [0.25, 0.3) is 10.9 Å². The summed E-state index contributed by atoms with van der Waals surface area (Å²) in [5.74, 6) is 1.50. The first-order valence-corrected chi connectivity index (χ1v) is 9.33. The van der Waals surface area contributed by atoms with Gasteiger partial charge in [0.15, 0.2) is 0 Å². The maximum atomic E-state index is 6.13. The first-order chi connectivity index (χ1) is 11.8. The molecule has 24 heavy (non-hydrogen) atoms. The van der Waals surface area contributed by atoms with Crippen molar-refractivity contribution < 1.29 is 4.74 Å². The summed E-state index contributed by atoms with van der Waals surface area (Å²) in [7, 11) is 0. The summed E-state index contributed by atoms with van der Waals surface area (Å²) in [5, 5.41) is 1.14. The fourth-order valence-corrected chi connectivity index (χ4v) is 3.48. The van der Waals surface area contributed by atoms with Crippen molar-refractivity contribution in [3.8, 4) is 5.88 Å². The molecule has 2 nitrogen and oxygen atoms in total. The Morgan fingerprint density at radius 3 is 2.62 bits per heavy atom. The number of benzene rings is 2. The summed E-state index contributed by atoms with van der Waals surface area (Å²) in [5.41, 5.74) is 3.42. The van der Waals surface area contributed by atoms with Crippen molar-refractivity contribution >= 4 is 26.8 Å². The Hall–Kier alpha value is -1.87. The Bertz CT molecular complexity index is 843. The van der Waals surface area contributed by atoms with E-state index in [1.54, 1.807) is 0 Å². The van der Waals surface area contributed by atoms with Crippen LogP contribution >= 0.6 is 15.9 Å². The van der Waals surface area contributed by atoms with Crippen molar-refractivity contribution in [1.82, 2.24) is 4.98 Å². The smallest absolute Gasteiger partial charge is 0.217 e. The zero-order chi connectivity index (χ0) is 16.4. The molecule has 3 aromatic rings. The molecule has 122 valence electrons.